The third kappa shape index (κ3) is 1.86. The lowest BCUT2D eigenvalue weighted by atomic mass is 10.1. The van der Waals surface area contributed by atoms with Gasteiger partial charge in [0.25, 0.3) is 0 Å². The Hall–Kier alpha value is -1.13. The van der Waals surface area contributed by atoms with E-state index in [0.29, 0.717) is 4.47 Å². The molecule has 0 saturated carbocycles. The van der Waals surface area contributed by atoms with Crippen LogP contribution in [0.2, 0.25) is 4.47 Å². The lowest BCUT2D eigenvalue weighted by Gasteiger charge is -1.95. The van der Waals surface area contributed by atoms with Crippen LogP contribution in [0.5, 0.6) is 0 Å². The van der Waals surface area contributed by atoms with E-state index in [2.05, 4.69) is 4.98 Å². The second-order valence-electron chi connectivity index (χ2n) is 2.84. The number of carboxylic acid groups (broad SMARTS) is 1. The molecule has 1 aromatic carbocycles. The van der Waals surface area contributed by atoms with Gasteiger partial charge in [0.2, 0.25) is 0 Å². The third-order valence-corrected chi connectivity index (χ3v) is 2.90. The highest BCUT2D eigenvalue weighted by atomic mass is 35.5. The molecule has 0 aliphatic rings. The van der Waals surface area contributed by atoms with Gasteiger partial charge in [0.1, 0.15) is 0 Å². The van der Waals surface area contributed by atoms with Crippen LogP contribution in [0.15, 0.2) is 18.2 Å². The van der Waals surface area contributed by atoms with E-state index in [-0.39, 0.29) is 6.42 Å². The normalized spacial score (nSPS) is 10.6. The van der Waals surface area contributed by atoms with Crippen molar-refractivity contribution in [3.05, 3.63) is 28.2 Å². The van der Waals surface area contributed by atoms with E-state index in [1.807, 2.05) is 6.07 Å². The first-order valence-corrected chi connectivity index (χ1v) is 5.11. The summed E-state index contributed by atoms with van der Waals surface area (Å²) in [6.07, 6.45) is 0.0332. The standard InChI is InChI=1S/C9H6ClNO2S/c10-9-11-6-2-1-5(4-8(12)13)3-7(6)14-9/h1-3H,4H2,(H,12,13). The van der Waals surface area contributed by atoms with Crippen LogP contribution < -0.4 is 0 Å². The van der Waals surface area contributed by atoms with Crippen molar-refractivity contribution in [1.82, 2.24) is 4.98 Å². The molecule has 0 amide bonds. The van der Waals surface area contributed by atoms with Crippen LogP contribution in [0.4, 0.5) is 0 Å². The van der Waals surface area contributed by atoms with Gasteiger partial charge in [-0.3, -0.25) is 4.79 Å². The monoisotopic (exact) mass is 227 g/mol. The zero-order valence-corrected chi connectivity index (χ0v) is 8.60. The molecule has 0 unspecified atom stereocenters. The molecule has 1 heterocycles. The van der Waals surface area contributed by atoms with Crippen LogP contribution in [0.1, 0.15) is 5.56 Å². The van der Waals surface area contributed by atoms with Crippen molar-refractivity contribution in [3.63, 3.8) is 0 Å². The first kappa shape index (κ1) is 9.43. The lowest BCUT2D eigenvalue weighted by molar-refractivity contribution is -0.136. The maximum absolute atomic E-state index is 10.5. The Morgan fingerprint density at radius 3 is 3.07 bits per heavy atom. The molecule has 3 nitrogen and oxygen atoms in total. The summed E-state index contributed by atoms with van der Waals surface area (Å²) in [7, 11) is 0. The minimum atomic E-state index is -0.833. The number of aromatic nitrogens is 1. The maximum Gasteiger partial charge on any atom is 0.307 e. The van der Waals surface area contributed by atoms with Crippen LogP contribution in [-0.4, -0.2) is 16.1 Å². The second kappa shape index (κ2) is 3.55. The van der Waals surface area contributed by atoms with E-state index in [9.17, 15) is 4.79 Å². The number of halogens is 1. The number of rotatable bonds is 2. The summed E-state index contributed by atoms with van der Waals surface area (Å²) >= 11 is 7.09. The van der Waals surface area contributed by atoms with Crippen molar-refractivity contribution >= 4 is 39.1 Å². The predicted octanol–water partition coefficient (Wildman–Crippen LogP) is 2.58. The molecule has 72 valence electrons. The fourth-order valence-corrected chi connectivity index (χ4v) is 2.32. The molecule has 2 aromatic rings. The Morgan fingerprint density at radius 2 is 2.36 bits per heavy atom. The van der Waals surface area contributed by atoms with E-state index in [1.165, 1.54) is 11.3 Å². The summed E-state index contributed by atoms with van der Waals surface area (Å²) in [6.45, 7) is 0. The average Bonchev–Trinajstić information content (AvgIpc) is 2.42. The number of aliphatic carboxylic acids is 1. The van der Waals surface area contributed by atoms with Gasteiger partial charge in [-0.05, 0) is 17.7 Å². The van der Waals surface area contributed by atoms with E-state index in [0.717, 1.165) is 15.8 Å². The van der Waals surface area contributed by atoms with Crippen LogP contribution >= 0.6 is 22.9 Å². The molecule has 0 aliphatic heterocycles. The number of fused-ring (bicyclic) bond motifs is 1. The molecule has 0 aliphatic carbocycles. The molecule has 0 bridgehead atoms. The van der Waals surface area contributed by atoms with Gasteiger partial charge in [0.05, 0.1) is 16.6 Å². The summed E-state index contributed by atoms with van der Waals surface area (Å²) in [5.74, 6) is -0.833. The lowest BCUT2D eigenvalue weighted by Crippen LogP contribution is -1.99. The Bertz CT molecular complexity index is 495. The van der Waals surface area contributed by atoms with Crippen LogP contribution in [0.25, 0.3) is 10.2 Å². The van der Waals surface area contributed by atoms with Gasteiger partial charge in [0.15, 0.2) is 4.47 Å². The minimum Gasteiger partial charge on any atom is -0.481 e. The van der Waals surface area contributed by atoms with Crippen molar-refractivity contribution in [3.8, 4) is 0 Å². The molecule has 2 rings (SSSR count). The summed E-state index contributed by atoms with van der Waals surface area (Å²) < 4.78 is 1.40. The highest BCUT2D eigenvalue weighted by Gasteiger charge is 2.05. The molecule has 14 heavy (non-hydrogen) atoms. The van der Waals surface area contributed by atoms with Gasteiger partial charge in [-0.15, -0.1) is 11.3 Å². The van der Waals surface area contributed by atoms with Crippen molar-refractivity contribution in [1.29, 1.82) is 0 Å². The number of hydrogen-bond acceptors (Lipinski definition) is 3. The molecule has 0 atom stereocenters. The zero-order chi connectivity index (χ0) is 10.1. The predicted molar refractivity (Wildman–Crippen MR) is 56.0 cm³/mol. The summed E-state index contributed by atoms with van der Waals surface area (Å²) in [4.78, 5) is 14.5. The number of hydrogen-bond donors (Lipinski definition) is 1. The molecule has 0 spiro atoms. The molecular formula is C9H6ClNO2S. The van der Waals surface area contributed by atoms with E-state index in [1.54, 1.807) is 12.1 Å². The summed E-state index contributed by atoms with van der Waals surface area (Å²) in [5.41, 5.74) is 1.58. The molecule has 0 fully saturated rings. The van der Waals surface area contributed by atoms with Gasteiger partial charge < -0.3 is 5.11 Å². The Kier molecular flexibility index (Phi) is 2.39. The highest BCUT2D eigenvalue weighted by Crippen LogP contribution is 2.26. The molecule has 5 heteroatoms. The van der Waals surface area contributed by atoms with Gasteiger partial charge in [-0.1, -0.05) is 17.7 Å². The Morgan fingerprint density at radius 1 is 1.57 bits per heavy atom. The van der Waals surface area contributed by atoms with Gasteiger partial charge in [0, 0.05) is 0 Å². The summed E-state index contributed by atoms with van der Waals surface area (Å²) in [5, 5.41) is 8.61. The van der Waals surface area contributed by atoms with E-state index < -0.39 is 5.97 Å². The average molecular weight is 228 g/mol. The first-order valence-electron chi connectivity index (χ1n) is 3.92. The molecule has 0 saturated heterocycles. The first-order chi connectivity index (χ1) is 6.65. The number of carbonyl (C=O) groups is 1. The number of nitrogens with zero attached hydrogens (tertiary/aromatic N) is 1. The number of carboxylic acids is 1. The van der Waals surface area contributed by atoms with E-state index >= 15 is 0 Å². The van der Waals surface area contributed by atoms with Crippen molar-refractivity contribution in [2.75, 3.05) is 0 Å². The van der Waals surface area contributed by atoms with Gasteiger partial charge in [-0.2, -0.15) is 0 Å². The Balaban J connectivity index is 2.45. The van der Waals surface area contributed by atoms with E-state index in [4.69, 9.17) is 16.7 Å². The summed E-state index contributed by atoms with van der Waals surface area (Å²) in [6, 6.07) is 5.36. The fourth-order valence-electron chi connectivity index (χ4n) is 1.23. The largest absolute Gasteiger partial charge is 0.481 e. The minimum absolute atomic E-state index is 0.0332. The van der Waals surface area contributed by atoms with Crippen molar-refractivity contribution in [2.24, 2.45) is 0 Å². The van der Waals surface area contributed by atoms with Crippen molar-refractivity contribution in [2.45, 2.75) is 6.42 Å². The van der Waals surface area contributed by atoms with Crippen LogP contribution in [0.3, 0.4) is 0 Å². The fraction of sp³-hybridized carbons (Fsp3) is 0.111. The van der Waals surface area contributed by atoms with Crippen molar-refractivity contribution < 1.29 is 9.90 Å². The SMILES string of the molecule is O=C(O)Cc1ccc2nc(Cl)sc2c1. The number of benzene rings is 1. The maximum atomic E-state index is 10.5. The Labute approximate surface area is 89.0 Å². The molecule has 0 radical (unpaired) electrons. The number of thiazole rings is 1. The zero-order valence-electron chi connectivity index (χ0n) is 7.03. The topological polar surface area (TPSA) is 50.2 Å². The smallest absolute Gasteiger partial charge is 0.307 e. The molecular weight excluding hydrogens is 222 g/mol. The quantitative estimate of drug-likeness (QED) is 0.858. The van der Waals surface area contributed by atoms with Gasteiger partial charge >= 0.3 is 5.97 Å². The second-order valence-corrected chi connectivity index (χ2v) is 4.45. The highest BCUT2D eigenvalue weighted by molar-refractivity contribution is 7.22. The molecule has 1 aromatic heterocycles. The third-order valence-electron chi connectivity index (χ3n) is 1.78. The van der Waals surface area contributed by atoms with Crippen LogP contribution in [0, 0.1) is 0 Å². The van der Waals surface area contributed by atoms with Gasteiger partial charge in [-0.25, -0.2) is 4.98 Å². The van der Waals surface area contributed by atoms with Crippen LogP contribution in [-0.2, 0) is 11.2 Å². The molecule has 1 N–H and O–H groups in total.